The van der Waals surface area contributed by atoms with E-state index in [-0.39, 0.29) is 24.6 Å². The number of rotatable bonds is 5. The maximum atomic E-state index is 11.9. The molecule has 0 bridgehead atoms. The molecule has 2 aliphatic heterocycles. The third-order valence-electron chi connectivity index (χ3n) is 4.18. The zero-order valence-corrected chi connectivity index (χ0v) is 13.3. The lowest BCUT2D eigenvalue weighted by Crippen LogP contribution is -2.31. The SMILES string of the molecule is O=C(CCN1CCCS1(=O)=O)NCc1ccc2c(c1)CNC2. The first kappa shape index (κ1) is 15.5. The Morgan fingerprint density at radius 2 is 2.09 bits per heavy atom. The molecule has 7 heteroatoms. The Balaban J connectivity index is 1.46. The number of nitrogens with one attached hydrogen (secondary N) is 2. The second-order valence-electron chi connectivity index (χ2n) is 5.80. The fourth-order valence-corrected chi connectivity index (χ4v) is 4.44. The van der Waals surface area contributed by atoms with Crippen molar-refractivity contribution in [3.05, 3.63) is 34.9 Å². The molecule has 0 unspecified atom stereocenters. The smallest absolute Gasteiger partial charge is 0.221 e. The molecular formula is C15H21N3O3S. The first-order chi connectivity index (χ1) is 10.5. The third kappa shape index (κ3) is 3.48. The van der Waals surface area contributed by atoms with Gasteiger partial charge in [0.25, 0.3) is 0 Å². The topological polar surface area (TPSA) is 78.5 Å². The summed E-state index contributed by atoms with van der Waals surface area (Å²) in [6.07, 6.45) is 0.874. The van der Waals surface area contributed by atoms with Gasteiger partial charge in [-0.3, -0.25) is 4.79 Å². The van der Waals surface area contributed by atoms with Gasteiger partial charge in [0.15, 0.2) is 0 Å². The summed E-state index contributed by atoms with van der Waals surface area (Å²) in [5.74, 6) is 0.0957. The van der Waals surface area contributed by atoms with Crippen LogP contribution in [0.2, 0.25) is 0 Å². The van der Waals surface area contributed by atoms with E-state index in [4.69, 9.17) is 0 Å². The van der Waals surface area contributed by atoms with E-state index in [9.17, 15) is 13.2 Å². The van der Waals surface area contributed by atoms with Gasteiger partial charge in [0.05, 0.1) is 5.75 Å². The van der Waals surface area contributed by atoms with Gasteiger partial charge in [0.2, 0.25) is 15.9 Å². The molecule has 6 nitrogen and oxygen atoms in total. The number of sulfonamides is 1. The molecule has 0 atom stereocenters. The quantitative estimate of drug-likeness (QED) is 0.819. The van der Waals surface area contributed by atoms with Crippen molar-refractivity contribution in [2.45, 2.75) is 32.5 Å². The maximum Gasteiger partial charge on any atom is 0.221 e. The van der Waals surface area contributed by atoms with Crippen molar-refractivity contribution in [3.8, 4) is 0 Å². The minimum atomic E-state index is -3.11. The number of amides is 1. The zero-order valence-electron chi connectivity index (χ0n) is 12.5. The summed E-state index contributed by atoms with van der Waals surface area (Å²) in [7, 11) is -3.11. The molecule has 0 aromatic heterocycles. The Kier molecular flexibility index (Phi) is 4.46. The fourth-order valence-electron chi connectivity index (χ4n) is 2.92. The normalized spacial score (nSPS) is 20.0. The van der Waals surface area contributed by atoms with Crippen LogP contribution >= 0.6 is 0 Å². The van der Waals surface area contributed by atoms with Crippen molar-refractivity contribution >= 4 is 15.9 Å². The van der Waals surface area contributed by atoms with Crippen LogP contribution in [0.15, 0.2) is 18.2 Å². The van der Waals surface area contributed by atoms with Gasteiger partial charge < -0.3 is 10.6 Å². The van der Waals surface area contributed by atoms with Gasteiger partial charge in [-0.05, 0) is 23.1 Å². The summed E-state index contributed by atoms with van der Waals surface area (Å²) >= 11 is 0. The van der Waals surface area contributed by atoms with Gasteiger partial charge in [0, 0.05) is 39.1 Å². The van der Waals surface area contributed by atoms with Gasteiger partial charge in [-0.25, -0.2) is 12.7 Å². The Labute approximate surface area is 130 Å². The molecule has 0 aliphatic carbocycles. The molecule has 2 N–H and O–H groups in total. The second kappa shape index (κ2) is 6.36. The average Bonchev–Trinajstić information content (AvgIpc) is 3.08. The minimum absolute atomic E-state index is 0.110. The number of benzene rings is 1. The number of fused-ring (bicyclic) bond motifs is 1. The summed E-state index contributed by atoms with van der Waals surface area (Å²) in [5, 5.41) is 6.15. The van der Waals surface area contributed by atoms with E-state index < -0.39 is 10.0 Å². The number of nitrogens with zero attached hydrogens (tertiary/aromatic N) is 1. The van der Waals surface area contributed by atoms with Crippen molar-refractivity contribution < 1.29 is 13.2 Å². The third-order valence-corrected chi connectivity index (χ3v) is 6.14. The summed E-state index contributed by atoms with van der Waals surface area (Å²) in [6, 6.07) is 6.23. The molecule has 120 valence electrons. The van der Waals surface area contributed by atoms with Crippen LogP contribution in [0.1, 0.15) is 29.5 Å². The van der Waals surface area contributed by atoms with E-state index in [0.29, 0.717) is 19.5 Å². The lowest BCUT2D eigenvalue weighted by molar-refractivity contribution is -0.121. The summed E-state index contributed by atoms with van der Waals surface area (Å²) < 4.78 is 24.7. The molecule has 0 spiro atoms. The molecule has 0 radical (unpaired) electrons. The number of carbonyl (C=O) groups is 1. The number of hydrogen-bond acceptors (Lipinski definition) is 4. The van der Waals surface area contributed by atoms with Gasteiger partial charge in [-0.2, -0.15) is 0 Å². The van der Waals surface area contributed by atoms with Crippen LogP contribution in [-0.2, 0) is 34.5 Å². The molecule has 1 aromatic carbocycles. The van der Waals surface area contributed by atoms with E-state index in [1.807, 2.05) is 6.07 Å². The molecule has 22 heavy (non-hydrogen) atoms. The van der Waals surface area contributed by atoms with Crippen molar-refractivity contribution in [3.63, 3.8) is 0 Å². The van der Waals surface area contributed by atoms with E-state index in [1.54, 1.807) is 0 Å². The largest absolute Gasteiger partial charge is 0.352 e. The second-order valence-corrected chi connectivity index (χ2v) is 7.89. The Morgan fingerprint density at radius 1 is 1.27 bits per heavy atom. The highest BCUT2D eigenvalue weighted by Crippen LogP contribution is 2.17. The van der Waals surface area contributed by atoms with Crippen molar-refractivity contribution in [2.24, 2.45) is 0 Å². The predicted molar refractivity (Wildman–Crippen MR) is 83.4 cm³/mol. The van der Waals surface area contributed by atoms with Crippen molar-refractivity contribution in [2.75, 3.05) is 18.8 Å². The van der Waals surface area contributed by atoms with E-state index >= 15 is 0 Å². The van der Waals surface area contributed by atoms with Crippen LogP contribution in [-0.4, -0.2) is 37.5 Å². The Morgan fingerprint density at radius 3 is 2.86 bits per heavy atom. The molecule has 1 fully saturated rings. The van der Waals surface area contributed by atoms with E-state index in [0.717, 1.165) is 18.7 Å². The summed E-state index contributed by atoms with van der Waals surface area (Å²) in [5.41, 5.74) is 3.67. The summed E-state index contributed by atoms with van der Waals surface area (Å²) in [4.78, 5) is 11.9. The molecule has 1 saturated heterocycles. The molecule has 2 aliphatic rings. The van der Waals surface area contributed by atoms with Crippen molar-refractivity contribution in [1.29, 1.82) is 0 Å². The van der Waals surface area contributed by atoms with Crippen LogP contribution in [0.3, 0.4) is 0 Å². The first-order valence-electron chi connectivity index (χ1n) is 7.60. The molecule has 1 amide bonds. The lowest BCUT2D eigenvalue weighted by atomic mass is 10.1. The highest BCUT2D eigenvalue weighted by atomic mass is 32.2. The van der Waals surface area contributed by atoms with Gasteiger partial charge in [-0.1, -0.05) is 18.2 Å². The Hall–Kier alpha value is -1.44. The van der Waals surface area contributed by atoms with E-state index in [2.05, 4.69) is 22.8 Å². The highest BCUT2D eigenvalue weighted by molar-refractivity contribution is 7.89. The molecule has 0 saturated carbocycles. The molecular weight excluding hydrogens is 302 g/mol. The predicted octanol–water partition coefficient (Wildman–Crippen LogP) is 0.332. The minimum Gasteiger partial charge on any atom is -0.352 e. The van der Waals surface area contributed by atoms with Crippen LogP contribution in [0, 0.1) is 0 Å². The van der Waals surface area contributed by atoms with Gasteiger partial charge in [-0.15, -0.1) is 0 Å². The number of carbonyl (C=O) groups excluding carboxylic acids is 1. The maximum absolute atomic E-state index is 11.9. The zero-order chi connectivity index (χ0) is 15.6. The Bertz CT molecular complexity index is 673. The van der Waals surface area contributed by atoms with Crippen molar-refractivity contribution in [1.82, 2.24) is 14.9 Å². The summed E-state index contributed by atoms with van der Waals surface area (Å²) in [6.45, 7) is 3.09. The van der Waals surface area contributed by atoms with Gasteiger partial charge in [0.1, 0.15) is 0 Å². The standard InChI is InChI=1S/C15H21N3O3S/c19-15(4-6-18-5-1-7-22(18,20)21)17-9-12-2-3-13-10-16-11-14(13)8-12/h2-3,8,16H,1,4-7,9-11H2,(H,17,19). The van der Waals surface area contributed by atoms with Crippen LogP contribution in [0.4, 0.5) is 0 Å². The molecule has 1 aromatic rings. The number of hydrogen-bond donors (Lipinski definition) is 2. The fraction of sp³-hybridized carbons (Fsp3) is 0.533. The van der Waals surface area contributed by atoms with E-state index in [1.165, 1.54) is 15.4 Å². The van der Waals surface area contributed by atoms with Crippen LogP contribution in [0.25, 0.3) is 0 Å². The van der Waals surface area contributed by atoms with Crippen LogP contribution < -0.4 is 10.6 Å². The molecule has 2 heterocycles. The van der Waals surface area contributed by atoms with Crippen LogP contribution in [0.5, 0.6) is 0 Å². The first-order valence-corrected chi connectivity index (χ1v) is 9.21. The molecule has 3 rings (SSSR count). The monoisotopic (exact) mass is 323 g/mol. The lowest BCUT2D eigenvalue weighted by Gasteiger charge is -2.13. The van der Waals surface area contributed by atoms with Gasteiger partial charge >= 0.3 is 0 Å². The average molecular weight is 323 g/mol. The highest BCUT2D eigenvalue weighted by Gasteiger charge is 2.28.